The molecule has 6 nitrogen and oxygen atoms in total. The number of hydrogen-bond donors (Lipinski definition) is 1. The molecule has 2 aromatic carbocycles. The summed E-state index contributed by atoms with van der Waals surface area (Å²) in [5, 5.41) is 0.457. The maximum Gasteiger partial charge on any atom is 0.249 e. The Morgan fingerprint density at radius 2 is 1.74 bits per heavy atom. The van der Waals surface area contributed by atoms with Gasteiger partial charge >= 0.3 is 0 Å². The van der Waals surface area contributed by atoms with E-state index in [2.05, 4.69) is 0 Å². The molecule has 0 aliphatic rings. The smallest absolute Gasteiger partial charge is 0.249 e. The minimum absolute atomic E-state index is 0.170. The number of carbonyl (C=O) groups is 1. The van der Waals surface area contributed by atoms with Crippen molar-refractivity contribution in [2.45, 2.75) is 39.5 Å². The number of methoxy groups -OCH3 is 1. The van der Waals surface area contributed by atoms with Crippen molar-refractivity contribution in [3.05, 3.63) is 77.2 Å². The zero-order valence-electron chi connectivity index (χ0n) is 20.7. The molecule has 2 N–H and O–H groups in total. The van der Waals surface area contributed by atoms with E-state index in [4.69, 9.17) is 27.1 Å². The average molecular weight is 501 g/mol. The largest absolute Gasteiger partial charge is 0.375 e. The van der Waals surface area contributed by atoms with E-state index in [0.717, 1.165) is 11.1 Å². The number of benzene rings is 2. The second-order valence-electron chi connectivity index (χ2n) is 9.63. The van der Waals surface area contributed by atoms with Crippen molar-refractivity contribution in [1.29, 1.82) is 0 Å². The molecular weight excluding hydrogens is 467 g/mol. The first-order chi connectivity index (χ1) is 16.7. The third kappa shape index (κ3) is 6.48. The van der Waals surface area contributed by atoms with E-state index in [9.17, 15) is 9.18 Å². The average Bonchev–Trinajstić information content (AvgIpc) is 3.14. The van der Waals surface area contributed by atoms with Gasteiger partial charge in [0.25, 0.3) is 0 Å². The van der Waals surface area contributed by atoms with E-state index < -0.39 is 17.6 Å². The fraction of sp³-hybridized carbons (Fsp3) is 0.407. The normalized spacial score (nSPS) is 13.5. The highest BCUT2D eigenvalue weighted by Gasteiger charge is 2.40. The highest BCUT2D eigenvalue weighted by atomic mass is 35.5. The predicted molar refractivity (Wildman–Crippen MR) is 138 cm³/mol. The van der Waals surface area contributed by atoms with Crippen LogP contribution in [0, 0.1) is 5.41 Å². The van der Waals surface area contributed by atoms with Gasteiger partial charge in [0.1, 0.15) is 29.4 Å². The first-order valence-electron chi connectivity index (χ1n) is 11.6. The number of halogens is 2. The van der Waals surface area contributed by atoms with Gasteiger partial charge in [-0.1, -0.05) is 93.0 Å². The van der Waals surface area contributed by atoms with Crippen LogP contribution in [0.3, 0.4) is 0 Å². The van der Waals surface area contributed by atoms with Crippen molar-refractivity contribution in [2.24, 2.45) is 11.1 Å². The number of nitrogens with two attached hydrogens (primary N) is 1. The van der Waals surface area contributed by atoms with Crippen LogP contribution in [0.4, 0.5) is 4.39 Å². The molecule has 0 saturated heterocycles. The number of amides is 1. The molecule has 0 aliphatic carbocycles. The molecule has 0 aliphatic heterocycles. The van der Waals surface area contributed by atoms with E-state index in [0.29, 0.717) is 23.2 Å². The van der Waals surface area contributed by atoms with Gasteiger partial charge in [-0.3, -0.25) is 4.79 Å². The lowest BCUT2D eigenvalue weighted by Crippen LogP contribution is -2.47. The first kappa shape index (κ1) is 26.9. The Hall–Kier alpha value is -2.74. The molecule has 0 saturated carbocycles. The summed E-state index contributed by atoms with van der Waals surface area (Å²) < 4.78 is 21.7. The molecule has 2 atom stereocenters. The second-order valence-corrected chi connectivity index (χ2v) is 9.99. The number of alkyl halides is 1. The summed E-state index contributed by atoms with van der Waals surface area (Å²) in [6.45, 7) is 5.90. The summed E-state index contributed by atoms with van der Waals surface area (Å²) in [5.41, 5.74) is 7.59. The number of hydrogen-bond acceptors (Lipinski definition) is 4. The summed E-state index contributed by atoms with van der Waals surface area (Å²) in [6, 6.07) is 19.0. The SMILES string of the molecule is COCC(=O)N(C[C@@H](F)CN)[C@@H](c1nc(-c2ccccc2)c(Cl)n1Cc1ccccc1)C(C)(C)C. The Morgan fingerprint density at radius 3 is 2.29 bits per heavy atom. The predicted octanol–water partition coefficient (Wildman–Crippen LogP) is 5.11. The molecular formula is C27H34ClFN4O2. The van der Waals surface area contributed by atoms with Crippen molar-refractivity contribution in [1.82, 2.24) is 14.5 Å². The highest BCUT2D eigenvalue weighted by Crippen LogP contribution is 2.41. The Kier molecular flexibility index (Phi) is 9.05. The molecule has 8 heteroatoms. The van der Waals surface area contributed by atoms with Gasteiger partial charge in [-0.2, -0.15) is 0 Å². The second kappa shape index (κ2) is 11.8. The van der Waals surface area contributed by atoms with E-state index in [1.165, 1.54) is 12.0 Å². The molecule has 0 unspecified atom stereocenters. The molecule has 0 fully saturated rings. The summed E-state index contributed by atoms with van der Waals surface area (Å²) in [6.07, 6.45) is -1.39. The van der Waals surface area contributed by atoms with Crippen LogP contribution >= 0.6 is 11.6 Å². The van der Waals surface area contributed by atoms with Crippen LogP contribution in [-0.4, -0.2) is 53.3 Å². The summed E-state index contributed by atoms with van der Waals surface area (Å²) >= 11 is 6.96. The van der Waals surface area contributed by atoms with Crippen LogP contribution in [0.2, 0.25) is 5.15 Å². The molecule has 0 bridgehead atoms. The summed E-state index contributed by atoms with van der Waals surface area (Å²) in [4.78, 5) is 19.7. The lowest BCUT2D eigenvalue weighted by Gasteiger charge is -2.40. The summed E-state index contributed by atoms with van der Waals surface area (Å²) in [7, 11) is 1.44. The molecule has 1 amide bonds. The molecule has 188 valence electrons. The van der Waals surface area contributed by atoms with Gasteiger partial charge < -0.3 is 19.9 Å². The fourth-order valence-corrected chi connectivity index (χ4v) is 4.49. The van der Waals surface area contributed by atoms with Crippen LogP contribution < -0.4 is 5.73 Å². The lowest BCUT2D eigenvalue weighted by molar-refractivity contribution is -0.141. The fourth-order valence-electron chi connectivity index (χ4n) is 4.19. The van der Waals surface area contributed by atoms with Crippen molar-refractivity contribution in [2.75, 3.05) is 26.8 Å². The number of ether oxygens (including phenoxy) is 1. The molecule has 35 heavy (non-hydrogen) atoms. The molecule has 1 heterocycles. The maximum absolute atomic E-state index is 14.6. The van der Waals surface area contributed by atoms with Crippen molar-refractivity contribution in [3.63, 3.8) is 0 Å². The van der Waals surface area contributed by atoms with Gasteiger partial charge in [-0.25, -0.2) is 9.37 Å². The monoisotopic (exact) mass is 500 g/mol. The van der Waals surface area contributed by atoms with Gasteiger partial charge in [0.15, 0.2) is 0 Å². The van der Waals surface area contributed by atoms with E-state index in [1.54, 1.807) is 0 Å². The van der Waals surface area contributed by atoms with E-state index in [1.807, 2.05) is 86.0 Å². The molecule has 0 spiro atoms. The first-order valence-corrected chi connectivity index (χ1v) is 12.0. The van der Waals surface area contributed by atoms with Crippen LogP contribution in [-0.2, 0) is 16.1 Å². The van der Waals surface area contributed by atoms with Gasteiger partial charge in [-0.05, 0) is 11.0 Å². The number of carbonyl (C=O) groups excluding carboxylic acids is 1. The Morgan fingerprint density at radius 1 is 1.14 bits per heavy atom. The van der Waals surface area contributed by atoms with Gasteiger partial charge in [0.05, 0.1) is 19.1 Å². The molecule has 3 rings (SSSR count). The molecule has 1 aromatic heterocycles. The Bertz CT molecular complexity index is 1100. The Balaban J connectivity index is 2.23. The van der Waals surface area contributed by atoms with Crippen LogP contribution in [0.5, 0.6) is 0 Å². The Labute approximate surface area is 211 Å². The van der Waals surface area contributed by atoms with E-state index in [-0.39, 0.29) is 25.6 Å². The number of rotatable bonds is 10. The van der Waals surface area contributed by atoms with Crippen LogP contribution in [0.1, 0.15) is 38.2 Å². The van der Waals surface area contributed by atoms with Gasteiger partial charge in [-0.15, -0.1) is 0 Å². The van der Waals surface area contributed by atoms with Crippen LogP contribution in [0.25, 0.3) is 11.3 Å². The van der Waals surface area contributed by atoms with Crippen molar-refractivity contribution in [3.8, 4) is 11.3 Å². The van der Waals surface area contributed by atoms with Crippen LogP contribution in [0.15, 0.2) is 60.7 Å². The maximum atomic E-state index is 14.6. The lowest BCUT2D eigenvalue weighted by atomic mass is 9.84. The third-order valence-electron chi connectivity index (χ3n) is 5.78. The number of nitrogens with zero attached hydrogens (tertiary/aromatic N) is 3. The van der Waals surface area contributed by atoms with Gasteiger partial charge in [0.2, 0.25) is 5.91 Å². The minimum Gasteiger partial charge on any atom is -0.375 e. The zero-order valence-corrected chi connectivity index (χ0v) is 21.5. The molecule has 0 radical (unpaired) electrons. The molecule has 3 aromatic rings. The van der Waals surface area contributed by atoms with E-state index >= 15 is 0 Å². The zero-order chi connectivity index (χ0) is 25.6. The third-order valence-corrected chi connectivity index (χ3v) is 6.16. The quantitative estimate of drug-likeness (QED) is 0.420. The standard InChI is InChI=1S/C27H34ClFN4O2/c1-27(2,3)24(32(17-21(29)15-30)22(34)18-35-4)26-31-23(20-13-9-6-10-14-20)25(28)33(26)16-19-11-7-5-8-12-19/h5-14,21,24H,15-18,30H2,1-4H3/t21-,24-/m0/s1. The van der Waals surface area contributed by atoms with Crippen molar-refractivity contribution < 1.29 is 13.9 Å². The van der Waals surface area contributed by atoms with Gasteiger partial charge in [0, 0.05) is 19.2 Å². The number of imidazole rings is 1. The minimum atomic E-state index is -1.39. The highest BCUT2D eigenvalue weighted by molar-refractivity contribution is 6.32. The van der Waals surface area contributed by atoms with Crippen molar-refractivity contribution >= 4 is 17.5 Å². The topological polar surface area (TPSA) is 73.4 Å². The summed E-state index contributed by atoms with van der Waals surface area (Å²) in [5.74, 6) is 0.244. The number of aromatic nitrogens is 2.